The molecule has 0 saturated carbocycles. The summed E-state index contributed by atoms with van der Waals surface area (Å²) in [6, 6.07) is 3.97. The number of halogens is 1. The van der Waals surface area contributed by atoms with Gasteiger partial charge < -0.3 is 5.32 Å². The molecule has 0 aliphatic heterocycles. The standard InChI is InChI=1S/C9H12ClNOS/c1-9(2,11-8(12)6-10)7-4-3-5-13-7/h3-5H,6H2,1-2H3,(H,11,12). The maximum absolute atomic E-state index is 11.1. The molecule has 13 heavy (non-hydrogen) atoms. The molecular weight excluding hydrogens is 206 g/mol. The highest BCUT2D eigenvalue weighted by Crippen LogP contribution is 2.24. The van der Waals surface area contributed by atoms with E-state index >= 15 is 0 Å². The van der Waals surface area contributed by atoms with Crippen LogP contribution in [0.2, 0.25) is 0 Å². The Bertz CT molecular complexity index is 282. The Morgan fingerprint density at radius 1 is 1.69 bits per heavy atom. The minimum Gasteiger partial charge on any atom is -0.345 e. The van der Waals surface area contributed by atoms with Gasteiger partial charge in [-0.1, -0.05) is 6.07 Å². The number of carbonyl (C=O) groups excluding carboxylic acids is 1. The van der Waals surface area contributed by atoms with Crippen LogP contribution in [0.1, 0.15) is 18.7 Å². The SMILES string of the molecule is CC(C)(NC(=O)CCl)c1cccs1. The molecule has 1 rings (SSSR count). The number of hydrogen-bond donors (Lipinski definition) is 1. The van der Waals surface area contributed by atoms with Crippen molar-refractivity contribution in [1.82, 2.24) is 5.32 Å². The smallest absolute Gasteiger partial charge is 0.235 e. The molecule has 0 bridgehead atoms. The molecule has 0 saturated heterocycles. The van der Waals surface area contributed by atoms with Crippen molar-refractivity contribution < 1.29 is 4.79 Å². The average Bonchev–Trinajstić information content (AvgIpc) is 2.55. The van der Waals surface area contributed by atoms with Gasteiger partial charge in [-0.05, 0) is 25.3 Å². The number of hydrogen-bond acceptors (Lipinski definition) is 2. The lowest BCUT2D eigenvalue weighted by atomic mass is 10.0. The van der Waals surface area contributed by atoms with Crippen LogP contribution in [0.15, 0.2) is 17.5 Å². The van der Waals surface area contributed by atoms with Crippen molar-refractivity contribution in [3.05, 3.63) is 22.4 Å². The van der Waals surface area contributed by atoms with Crippen molar-refractivity contribution in [1.29, 1.82) is 0 Å². The summed E-state index contributed by atoms with van der Waals surface area (Å²) in [5.74, 6) is -0.130. The Balaban J connectivity index is 2.72. The summed E-state index contributed by atoms with van der Waals surface area (Å²) in [5, 5.41) is 4.84. The largest absolute Gasteiger partial charge is 0.345 e. The first-order chi connectivity index (χ1) is 6.06. The molecule has 0 radical (unpaired) electrons. The maximum atomic E-state index is 11.1. The fraction of sp³-hybridized carbons (Fsp3) is 0.444. The fourth-order valence-electron chi connectivity index (χ4n) is 1.08. The van der Waals surface area contributed by atoms with Gasteiger partial charge in [-0.25, -0.2) is 0 Å². The monoisotopic (exact) mass is 217 g/mol. The zero-order chi connectivity index (χ0) is 9.90. The Morgan fingerprint density at radius 3 is 2.85 bits per heavy atom. The highest BCUT2D eigenvalue weighted by molar-refractivity contribution is 7.10. The number of nitrogens with one attached hydrogen (secondary N) is 1. The third kappa shape index (κ3) is 2.71. The van der Waals surface area contributed by atoms with E-state index in [0.29, 0.717) is 0 Å². The predicted molar refractivity (Wildman–Crippen MR) is 56.2 cm³/mol. The summed E-state index contributed by atoms with van der Waals surface area (Å²) in [6.07, 6.45) is 0. The van der Waals surface area contributed by atoms with Crippen molar-refractivity contribution in [2.75, 3.05) is 5.88 Å². The Hall–Kier alpha value is -0.540. The molecule has 0 aliphatic carbocycles. The molecule has 1 N–H and O–H groups in total. The van der Waals surface area contributed by atoms with Crippen LogP contribution in [0, 0.1) is 0 Å². The quantitative estimate of drug-likeness (QED) is 0.774. The number of alkyl halides is 1. The van der Waals surface area contributed by atoms with E-state index in [0.717, 1.165) is 4.88 Å². The van der Waals surface area contributed by atoms with Crippen LogP contribution in [0.5, 0.6) is 0 Å². The van der Waals surface area contributed by atoms with E-state index in [1.165, 1.54) is 0 Å². The van der Waals surface area contributed by atoms with E-state index in [1.54, 1.807) is 11.3 Å². The average molecular weight is 218 g/mol. The summed E-state index contributed by atoms with van der Waals surface area (Å²) < 4.78 is 0. The van der Waals surface area contributed by atoms with E-state index in [9.17, 15) is 4.79 Å². The van der Waals surface area contributed by atoms with Crippen LogP contribution >= 0.6 is 22.9 Å². The van der Waals surface area contributed by atoms with Crippen molar-refractivity contribution >= 4 is 28.8 Å². The van der Waals surface area contributed by atoms with E-state index in [4.69, 9.17) is 11.6 Å². The molecule has 4 heteroatoms. The third-order valence-electron chi connectivity index (χ3n) is 1.71. The highest BCUT2D eigenvalue weighted by atomic mass is 35.5. The summed E-state index contributed by atoms with van der Waals surface area (Å²) in [6.45, 7) is 3.92. The van der Waals surface area contributed by atoms with Crippen molar-refractivity contribution in [3.63, 3.8) is 0 Å². The lowest BCUT2D eigenvalue weighted by molar-refractivity contribution is -0.120. The molecule has 0 spiro atoms. The minimum absolute atomic E-state index is 0.00874. The van der Waals surface area contributed by atoms with Gasteiger partial charge in [0.1, 0.15) is 5.88 Å². The van der Waals surface area contributed by atoms with Crippen LogP contribution in [-0.4, -0.2) is 11.8 Å². The number of carbonyl (C=O) groups is 1. The molecule has 72 valence electrons. The lowest BCUT2D eigenvalue weighted by Crippen LogP contribution is -2.41. The second kappa shape index (κ2) is 4.11. The van der Waals surface area contributed by atoms with Crippen LogP contribution in [0.25, 0.3) is 0 Å². The van der Waals surface area contributed by atoms with Gasteiger partial charge in [0.2, 0.25) is 5.91 Å². The van der Waals surface area contributed by atoms with Crippen LogP contribution in [0.3, 0.4) is 0 Å². The molecule has 1 amide bonds. The molecular formula is C9H12ClNOS. The topological polar surface area (TPSA) is 29.1 Å². The van der Waals surface area contributed by atoms with E-state index < -0.39 is 0 Å². The second-order valence-corrected chi connectivity index (χ2v) is 4.50. The van der Waals surface area contributed by atoms with Gasteiger partial charge >= 0.3 is 0 Å². The van der Waals surface area contributed by atoms with Gasteiger partial charge in [-0.15, -0.1) is 22.9 Å². The molecule has 1 aromatic rings. The van der Waals surface area contributed by atoms with Crippen LogP contribution in [0.4, 0.5) is 0 Å². The van der Waals surface area contributed by atoms with Gasteiger partial charge in [-0.2, -0.15) is 0 Å². The van der Waals surface area contributed by atoms with Crippen molar-refractivity contribution in [2.45, 2.75) is 19.4 Å². The fourth-order valence-corrected chi connectivity index (χ4v) is 1.95. The van der Waals surface area contributed by atoms with E-state index in [-0.39, 0.29) is 17.3 Å². The van der Waals surface area contributed by atoms with Gasteiger partial charge in [-0.3, -0.25) is 4.79 Å². The molecule has 0 atom stereocenters. The molecule has 1 aromatic heterocycles. The first-order valence-corrected chi connectivity index (χ1v) is 5.38. The molecule has 0 fully saturated rings. The molecule has 0 aromatic carbocycles. The summed E-state index contributed by atoms with van der Waals surface area (Å²) in [4.78, 5) is 12.2. The molecule has 0 aliphatic rings. The van der Waals surface area contributed by atoms with E-state index in [1.807, 2.05) is 31.4 Å². The first-order valence-electron chi connectivity index (χ1n) is 3.97. The predicted octanol–water partition coefficient (Wildman–Crippen LogP) is 2.34. The van der Waals surface area contributed by atoms with Crippen LogP contribution in [-0.2, 0) is 10.3 Å². The summed E-state index contributed by atoms with van der Waals surface area (Å²) >= 11 is 7.04. The van der Waals surface area contributed by atoms with E-state index in [2.05, 4.69) is 5.32 Å². The summed E-state index contributed by atoms with van der Waals surface area (Å²) in [5.41, 5.74) is -0.319. The third-order valence-corrected chi connectivity index (χ3v) is 3.15. The Labute approximate surface area is 86.9 Å². The van der Waals surface area contributed by atoms with Crippen molar-refractivity contribution in [3.8, 4) is 0 Å². The second-order valence-electron chi connectivity index (χ2n) is 3.28. The van der Waals surface area contributed by atoms with Gasteiger partial charge in [0, 0.05) is 4.88 Å². The van der Waals surface area contributed by atoms with Crippen molar-refractivity contribution in [2.24, 2.45) is 0 Å². The Morgan fingerprint density at radius 2 is 2.38 bits per heavy atom. The molecule has 1 heterocycles. The highest BCUT2D eigenvalue weighted by Gasteiger charge is 2.22. The van der Waals surface area contributed by atoms with Gasteiger partial charge in [0.15, 0.2) is 0 Å². The zero-order valence-corrected chi connectivity index (χ0v) is 9.21. The molecule has 0 unspecified atom stereocenters. The normalized spacial score (nSPS) is 11.3. The van der Waals surface area contributed by atoms with Gasteiger partial charge in [0.25, 0.3) is 0 Å². The lowest BCUT2D eigenvalue weighted by Gasteiger charge is -2.24. The summed E-state index contributed by atoms with van der Waals surface area (Å²) in [7, 11) is 0. The molecule has 2 nitrogen and oxygen atoms in total. The minimum atomic E-state index is -0.319. The number of amides is 1. The van der Waals surface area contributed by atoms with Gasteiger partial charge in [0.05, 0.1) is 5.54 Å². The first kappa shape index (κ1) is 10.5. The maximum Gasteiger partial charge on any atom is 0.235 e. The number of rotatable bonds is 3. The zero-order valence-electron chi connectivity index (χ0n) is 7.63. The van der Waals surface area contributed by atoms with Crippen LogP contribution < -0.4 is 5.32 Å². The Kier molecular flexibility index (Phi) is 3.33. The number of thiophene rings is 1.